The quantitative estimate of drug-likeness (QED) is 0.627. The Kier molecular flexibility index (Phi) is 6.26. The van der Waals surface area contributed by atoms with Crippen LogP contribution >= 0.6 is 0 Å². The van der Waals surface area contributed by atoms with Crippen molar-refractivity contribution in [3.05, 3.63) is 84.1 Å². The standard InChI is InChI=1S/C25H26N4O2/c26-25(31)22-13-7-8-16-29(22)23(30)15-14-21-18-28(17-19-9-3-1-4-10-19)27-24(21)20-11-5-2-6-12-20/h1-6,9-12,14-15,18,22H,7-8,13,16-17H2,(H2,26,31)/b15-14+/t22-/m1/s1. The van der Waals surface area contributed by atoms with Gasteiger partial charge in [0.05, 0.1) is 12.2 Å². The third-order valence-electron chi connectivity index (χ3n) is 5.54. The molecule has 0 radical (unpaired) electrons. The summed E-state index contributed by atoms with van der Waals surface area (Å²) in [6.07, 6.45) is 7.67. The Bertz CT molecular complexity index is 1070. The first-order valence-electron chi connectivity index (χ1n) is 10.6. The first-order valence-corrected chi connectivity index (χ1v) is 10.6. The molecule has 0 unspecified atom stereocenters. The second-order valence-electron chi connectivity index (χ2n) is 7.76. The van der Waals surface area contributed by atoms with Crippen molar-refractivity contribution in [2.45, 2.75) is 31.8 Å². The van der Waals surface area contributed by atoms with Gasteiger partial charge in [0.2, 0.25) is 11.8 Å². The summed E-state index contributed by atoms with van der Waals surface area (Å²) in [7, 11) is 0. The molecule has 2 N–H and O–H groups in total. The molecule has 3 aromatic rings. The highest BCUT2D eigenvalue weighted by Gasteiger charge is 2.29. The van der Waals surface area contributed by atoms with Crippen LogP contribution < -0.4 is 5.73 Å². The largest absolute Gasteiger partial charge is 0.368 e. The van der Waals surface area contributed by atoms with E-state index in [1.807, 2.05) is 59.4 Å². The van der Waals surface area contributed by atoms with E-state index in [4.69, 9.17) is 10.8 Å². The highest BCUT2D eigenvalue weighted by atomic mass is 16.2. The zero-order chi connectivity index (χ0) is 21.6. The Morgan fingerprint density at radius 3 is 2.45 bits per heavy atom. The van der Waals surface area contributed by atoms with E-state index in [-0.39, 0.29) is 5.91 Å². The topological polar surface area (TPSA) is 81.2 Å². The lowest BCUT2D eigenvalue weighted by Crippen LogP contribution is -2.49. The number of piperidine rings is 1. The number of primary amides is 1. The predicted octanol–water partition coefficient (Wildman–Crippen LogP) is 3.48. The van der Waals surface area contributed by atoms with E-state index in [0.717, 1.165) is 35.2 Å². The summed E-state index contributed by atoms with van der Waals surface area (Å²) in [6, 6.07) is 19.5. The number of carbonyl (C=O) groups excluding carboxylic acids is 2. The number of rotatable bonds is 6. The maximum Gasteiger partial charge on any atom is 0.247 e. The summed E-state index contributed by atoms with van der Waals surface area (Å²) < 4.78 is 1.88. The number of nitrogens with zero attached hydrogens (tertiary/aromatic N) is 3. The number of amides is 2. The number of nitrogens with two attached hydrogens (primary N) is 1. The smallest absolute Gasteiger partial charge is 0.247 e. The highest BCUT2D eigenvalue weighted by molar-refractivity contribution is 5.96. The van der Waals surface area contributed by atoms with Crippen LogP contribution in [0.25, 0.3) is 17.3 Å². The van der Waals surface area contributed by atoms with Crippen LogP contribution in [0.1, 0.15) is 30.4 Å². The van der Waals surface area contributed by atoms with Crippen LogP contribution in [0.5, 0.6) is 0 Å². The maximum atomic E-state index is 12.8. The molecular weight excluding hydrogens is 388 g/mol. The summed E-state index contributed by atoms with van der Waals surface area (Å²) in [5.41, 5.74) is 9.30. The predicted molar refractivity (Wildman–Crippen MR) is 121 cm³/mol. The Balaban J connectivity index is 1.61. The molecule has 1 fully saturated rings. The molecule has 6 nitrogen and oxygen atoms in total. The summed E-state index contributed by atoms with van der Waals surface area (Å²) in [4.78, 5) is 26.2. The second kappa shape index (κ2) is 9.43. The van der Waals surface area contributed by atoms with Gasteiger partial charge in [-0.25, -0.2) is 0 Å². The van der Waals surface area contributed by atoms with Crippen LogP contribution in [0, 0.1) is 0 Å². The molecule has 31 heavy (non-hydrogen) atoms. The molecular formula is C25H26N4O2. The van der Waals surface area contributed by atoms with Gasteiger partial charge in [-0.15, -0.1) is 0 Å². The van der Waals surface area contributed by atoms with Crippen LogP contribution in [0.2, 0.25) is 0 Å². The molecule has 0 saturated carbocycles. The van der Waals surface area contributed by atoms with Crippen LogP contribution in [0.4, 0.5) is 0 Å². The number of benzene rings is 2. The van der Waals surface area contributed by atoms with E-state index < -0.39 is 11.9 Å². The number of likely N-dealkylation sites (tertiary alicyclic amines) is 1. The SMILES string of the molecule is NC(=O)[C@H]1CCCCN1C(=O)/C=C/c1cn(Cc2ccccc2)nc1-c1ccccc1. The summed E-state index contributed by atoms with van der Waals surface area (Å²) in [6.45, 7) is 1.19. The highest BCUT2D eigenvalue weighted by Crippen LogP contribution is 2.24. The molecule has 1 aliphatic rings. The molecule has 1 aromatic heterocycles. The average molecular weight is 415 g/mol. The minimum atomic E-state index is -0.528. The minimum Gasteiger partial charge on any atom is -0.368 e. The van der Waals surface area contributed by atoms with E-state index >= 15 is 0 Å². The first kappa shape index (κ1) is 20.6. The van der Waals surface area contributed by atoms with Crippen LogP contribution in [0.3, 0.4) is 0 Å². The molecule has 6 heteroatoms. The van der Waals surface area contributed by atoms with Gasteiger partial charge in [0.25, 0.3) is 0 Å². The van der Waals surface area contributed by atoms with Crippen LogP contribution in [-0.4, -0.2) is 39.1 Å². The third-order valence-corrected chi connectivity index (χ3v) is 5.54. The fraction of sp³-hybridized carbons (Fsp3) is 0.240. The zero-order valence-electron chi connectivity index (χ0n) is 17.4. The van der Waals surface area contributed by atoms with Crippen molar-refractivity contribution in [2.24, 2.45) is 5.73 Å². The van der Waals surface area contributed by atoms with Crippen molar-refractivity contribution in [3.63, 3.8) is 0 Å². The molecule has 0 aliphatic carbocycles. The summed E-state index contributed by atoms with van der Waals surface area (Å²) >= 11 is 0. The molecule has 2 amide bonds. The van der Waals surface area contributed by atoms with Crippen LogP contribution in [-0.2, 0) is 16.1 Å². The first-order chi connectivity index (χ1) is 15.1. The summed E-state index contributed by atoms with van der Waals surface area (Å²) in [5, 5.41) is 4.78. The van der Waals surface area contributed by atoms with Crippen molar-refractivity contribution in [1.29, 1.82) is 0 Å². The molecule has 158 valence electrons. The summed E-state index contributed by atoms with van der Waals surface area (Å²) in [5.74, 6) is -0.638. The Labute approximate surface area is 182 Å². The molecule has 0 bridgehead atoms. The van der Waals surface area contributed by atoms with E-state index in [1.165, 1.54) is 6.08 Å². The van der Waals surface area contributed by atoms with E-state index in [0.29, 0.717) is 19.5 Å². The van der Waals surface area contributed by atoms with Gasteiger partial charge in [0, 0.05) is 29.9 Å². The molecule has 1 saturated heterocycles. The fourth-order valence-electron chi connectivity index (χ4n) is 3.98. The lowest BCUT2D eigenvalue weighted by molar-refractivity contribution is -0.137. The van der Waals surface area contributed by atoms with Crippen molar-refractivity contribution in [3.8, 4) is 11.3 Å². The third kappa shape index (κ3) is 4.91. The zero-order valence-corrected chi connectivity index (χ0v) is 17.4. The Hall–Kier alpha value is -3.67. The lowest BCUT2D eigenvalue weighted by Gasteiger charge is -2.32. The number of aromatic nitrogens is 2. The minimum absolute atomic E-state index is 0.196. The molecule has 0 spiro atoms. The van der Waals surface area contributed by atoms with Gasteiger partial charge in [-0.2, -0.15) is 5.10 Å². The van der Waals surface area contributed by atoms with Crippen LogP contribution in [0.15, 0.2) is 72.9 Å². The van der Waals surface area contributed by atoms with Gasteiger partial charge in [-0.3, -0.25) is 14.3 Å². The van der Waals surface area contributed by atoms with Crippen molar-refractivity contribution >= 4 is 17.9 Å². The van der Waals surface area contributed by atoms with Gasteiger partial charge in [-0.05, 0) is 30.9 Å². The van der Waals surface area contributed by atoms with Gasteiger partial charge in [-0.1, -0.05) is 60.7 Å². The van der Waals surface area contributed by atoms with Crippen molar-refractivity contribution in [2.75, 3.05) is 6.54 Å². The van der Waals surface area contributed by atoms with Crippen molar-refractivity contribution < 1.29 is 9.59 Å². The van der Waals surface area contributed by atoms with Crippen molar-refractivity contribution in [1.82, 2.24) is 14.7 Å². The van der Waals surface area contributed by atoms with Gasteiger partial charge in [0.15, 0.2) is 0 Å². The van der Waals surface area contributed by atoms with E-state index in [2.05, 4.69) is 12.1 Å². The van der Waals surface area contributed by atoms with E-state index in [1.54, 1.807) is 11.0 Å². The van der Waals surface area contributed by atoms with Gasteiger partial charge >= 0.3 is 0 Å². The number of hydrogen-bond acceptors (Lipinski definition) is 3. The van der Waals surface area contributed by atoms with E-state index in [9.17, 15) is 9.59 Å². The average Bonchev–Trinajstić information content (AvgIpc) is 3.21. The molecule has 1 atom stereocenters. The Morgan fingerprint density at radius 1 is 1.03 bits per heavy atom. The molecule has 4 rings (SSSR count). The second-order valence-corrected chi connectivity index (χ2v) is 7.76. The van der Waals surface area contributed by atoms with Gasteiger partial charge < -0.3 is 10.6 Å². The molecule has 1 aliphatic heterocycles. The lowest BCUT2D eigenvalue weighted by atomic mass is 10.0. The fourth-order valence-corrected chi connectivity index (χ4v) is 3.98. The maximum absolute atomic E-state index is 12.8. The monoisotopic (exact) mass is 414 g/mol. The number of hydrogen-bond donors (Lipinski definition) is 1. The Morgan fingerprint density at radius 2 is 1.74 bits per heavy atom. The van der Waals surface area contributed by atoms with Gasteiger partial charge in [0.1, 0.15) is 6.04 Å². The molecule has 2 aromatic carbocycles. The normalized spacial score (nSPS) is 16.5. The number of carbonyl (C=O) groups is 2. The molecule has 2 heterocycles.